The van der Waals surface area contributed by atoms with Crippen LogP contribution in [-0.2, 0) is 4.79 Å². The van der Waals surface area contributed by atoms with Crippen molar-refractivity contribution in [1.29, 1.82) is 5.26 Å². The zero-order chi connectivity index (χ0) is 23.4. The monoisotopic (exact) mass is 472 g/mol. The predicted molar refractivity (Wildman–Crippen MR) is 116 cm³/mol. The summed E-state index contributed by atoms with van der Waals surface area (Å²) in [4.78, 5) is 33.4. The second-order valence-corrected chi connectivity index (χ2v) is 7.01. The third kappa shape index (κ3) is 4.92. The van der Waals surface area contributed by atoms with Crippen LogP contribution in [0.1, 0.15) is 5.76 Å². The molecule has 0 aliphatic carbocycles. The Morgan fingerprint density at radius 1 is 1.06 bits per heavy atom. The quantitative estimate of drug-likeness (QED) is 0.211. The molecule has 0 aliphatic rings. The van der Waals surface area contributed by atoms with Crippen molar-refractivity contribution in [1.82, 2.24) is 0 Å². The van der Waals surface area contributed by atoms with Gasteiger partial charge < -0.3 is 9.73 Å². The van der Waals surface area contributed by atoms with Gasteiger partial charge in [0.15, 0.2) is 0 Å². The highest BCUT2D eigenvalue weighted by Gasteiger charge is 2.20. The van der Waals surface area contributed by atoms with Gasteiger partial charge in [-0.1, -0.05) is 23.2 Å². The molecule has 1 heterocycles. The van der Waals surface area contributed by atoms with Crippen LogP contribution in [0, 0.1) is 31.6 Å². The second-order valence-electron chi connectivity index (χ2n) is 6.17. The summed E-state index contributed by atoms with van der Waals surface area (Å²) in [7, 11) is 0. The fourth-order valence-corrected chi connectivity index (χ4v) is 2.97. The average Bonchev–Trinajstić information content (AvgIpc) is 3.21. The molecule has 3 aromatic rings. The Bertz CT molecular complexity index is 1330. The van der Waals surface area contributed by atoms with Gasteiger partial charge in [0.25, 0.3) is 17.3 Å². The van der Waals surface area contributed by atoms with E-state index < -0.39 is 15.8 Å². The number of nitriles is 1. The van der Waals surface area contributed by atoms with Gasteiger partial charge in [0, 0.05) is 29.3 Å². The van der Waals surface area contributed by atoms with Gasteiger partial charge >= 0.3 is 0 Å². The van der Waals surface area contributed by atoms with Crippen molar-refractivity contribution in [3.63, 3.8) is 0 Å². The third-order valence-corrected chi connectivity index (χ3v) is 4.67. The Kier molecular flexibility index (Phi) is 6.53. The third-order valence-electron chi connectivity index (χ3n) is 4.11. The van der Waals surface area contributed by atoms with E-state index in [1.807, 2.05) is 0 Å². The fraction of sp³-hybridized carbons (Fsp3) is 0. The highest BCUT2D eigenvalue weighted by atomic mass is 35.5. The van der Waals surface area contributed by atoms with E-state index in [0.717, 1.165) is 12.1 Å². The number of hydrogen-bond donors (Lipinski definition) is 1. The van der Waals surface area contributed by atoms with Crippen LogP contribution in [0.4, 0.5) is 17.1 Å². The number of furan rings is 1. The Hall–Kier alpha value is -4.20. The van der Waals surface area contributed by atoms with Crippen molar-refractivity contribution < 1.29 is 19.1 Å². The molecular formula is C20H10Cl2N4O6. The minimum Gasteiger partial charge on any atom is -0.456 e. The summed E-state index contributed by atoms with van der Waals surface area (Å²) in [5, 5.41) is 34.1. The number of rotatable bonds is 6. The predicted octanol–water partition coefficient (Wildman–Crippen LogP) is 5.62. The van der Waals surface area contributed by atoms with Crippen molar-refractivity contribution in [3.8, 4) is 17.4 Å². The molecule has 0 fully saturated rings. The molecule has 0 atom stereocenters. The van der Waals surface area contributed by atoms with Crippen molar-refractivity contribution in [3.05, 3.63) is 90.1 Å². The summed E-state index contributed by atoms with van der Waals surface area (Å²) in [5.74, 6) is -0.689. The SMILES string of the molecule is N#C/C(=C\c1ccc(-c2ccc(Cl)cc2[N+](=O)[O-])o1)C(=O)Nc1cc([N+](=O)[O-])ccc1Cl. The normalized spacial score (nSPS) is 11.0. The number of nitro benzene ring substituents is 2. The molecule has 2 aromatic carbocycles. The number of nitrogens with zero attached hydrogens (tertiary/aromatic N) is 3. The molecule has 3 rings (SSSR count). The highest BCUT2D eigenvalue weighted by molar-refractivity contribution is 6.34. The van der Waals surface area contributed by atoms with Crippen LogP contribution >= 0.6 is 23.2 Å². The van der Waals surface area contributed by atoms with E-state index in [9.17, 15) is 30.3 Å². The first-order valence-electron chi connectivity index (χ1n) is 8.61. The maximum Gasteiger partial charge on any atom is 0.281 e. The number of carbonyl (C=O) groups excluding carboxylic acids is 1. The lowest BCUT2D eigenvalue weighted by atomic mass is 10.1. The van der Waals surface area contributed by atoms with E-state index >= 15 is 0 Å². The standard InChI is InChI=1S/C20H10Cl2N4O6/c21-12-1-4-15(18(8-12)26(30)31)19-6-3-14(32-19)7-11(10-23)20(27)24-17-9-13(25(28)29)2-5-16(17)22/h1-9H,(H,24,27)/b11-7+. The first-order valence-corrected chi connectivity index (χ1v) is 9.36. The number of benzene rings is 2. The lowest BCUT2D eigenvalue weighted by Crippen LogP contribution is -2.13. The lowest BCUT2D eigenvalue weighted by molar-refractivity contribution is -0.384. The van der Waals surface area contributed by atoms with Crippen molar-refractivity contribution >= 4 is 52.2 Å². The van der Waals surface area contributed by atoms with Gasteiger partial charge in [0.05, 0.1) is 26.1 Å². The molecule has 0 bridgehead atoms. The number of nitrogens with one attached hydrogen (secondary N) is 1. The minimum atomic E-state index is -0.884. The lowest BCUT2D eigenvalue weighted by Gasteiger charge is -2.06. The van der Waals surface area contributed by atoms with Crippen molar-refractivity contribution in [2.45, 2.75) is 0 Å². The van der Waals surface area contributed by atoms with E-state index in [0.29, 0.717) is 0 Å². The number of amides is 1. The number of carbonyl (C=O) groups is 1. The maximum absolute atomic E-state index is 12.5. The molecule has 10 nitrogen and oxygen atoms in total. The highest BCUT2D eigenvalue weighted by Crippen LogP contribution is 2.34. The molecule has 32 heavy (non-hydrogen) atoms. The Morgan fingerprint density at radius 2 is 1.81 bits per heavy atom. The Morgan fingerprint density at radius 3 is 2.47 bits per heavy atom. The molecule has 12 heteroatoms. The fourth-order valence-electron chi connectivity index (χ4n) is 2.64. The molecule has 0 radical (unpaired) electrons. The molecule has 160 valence electrons. The number of hydrogen-bond acceptors (Lipinski definition) is 7. The van der Waals surface area contributed by atoms with Crippen LogP contribution in [0.5, 0.6) is 0 Å². The Balaban J connectivity index is 1.89. The van der Waals surface area contributed by atoms with Gasteiger partial charge in [0.2, 0.25) is 0 Å². The number of non-ortho nitro benzene ring substituents is 1. The van der Waals surface area contributed by atoms with E-state index in [-0.39, 0.29) is 49.8 Å². The van der Waals surface area contributed by atoms with E-state index in [1.54, 1.807) is 6.07 Å². The molecule has 0 spiro atoms. The zero-order valence-electron chi connectivity index (χ0n) is 15.7. The molecule has 0 aliphatic heterocycles. The molecule has 0 saturated heterocycles. The molecule has 1 amide bonds. The molecule has 0 unspecified atom stereocenters. The van der Waals surface area contributed by atoms with Crippen LogP contribution in [0.25, 0.3) is 17.4 Å². The first-order chi connectivity index (χ1) is 15.2. The molecule has 0 saturated carbocycles. The number of halogens is 2. The van der Waals surface area contributed by atoms with Gasteiger partial charge in [-0.15, -0.1) is 0 Å². The van der Waals surface area contributed by atoms with E-state index in [1.165, 1.54) is 42.5 Å². The summed E-state index contributed by atoms with van der Waals surface area (Å²) < 4.78 is 5.54. The molecular weight excluding hydrogens is 463 g/mol. The van der Waals surface area contributed by atoms with Gasteiger partial charge in [-0.25, -0.2) is 0 Å². The largest absolute Gasteiger partial charge is 0.456 e. The second kappa shape index (κ2) is 9.30. The van der Waals surface area contributed by atoms with Crippen LogP contribution in [-0.4, -0.2) is 15.8 Å². The van der Waals surface area contributed by atoms with Crippen molar-refractivity contribution in [2.75, 3.05) is 5.32 Å². The van der Waals surface area contributed by atoms with E-state index in [2.05, 4.69) is 5.32 Å². The van der Waals surface area contributed by atoms with E-state index in [4.69, 9.17) is 27.6 Å². The Labute approximate surface area is 189 Å². The zero-order valence-corrected chi connectivity index (χ0v) is 17.3. The summed E-state index contributed by atoms with van der Waals surface area (Å²) in [6, 6.07) is 12.1. The molecule has 1 N–H and O–H groups in total. The van der Waals surface area contributed by atoms with Gasteiger partial charge in [0.1, 0.15) is 23.2 Å². The van der Waals surface area contributed by atoms with Crippen LogP contribution in [0.15, 0.2) is 58.5 Å². The number of anilines is 1. The minimum absolute atomic E-state index is 0.0385. The average molecular weight is 473 g/mol. The summed E-state index contributed by atoms with van der Waals surface area (Å²) >= 11 is 11.8. The summed E-state index contributed by atoms with van der Waals surface area (Å²) in [6.45, 7) is 0. The molecule has 1 aromatic heterocycles. The summed E-state index contributed by atoms with van der Waals surface area (Å²) in [5.41, 5.74) is -0.859. The summed E-state index contributed by atoms with van der Waals surface area (Å²) in [6.07, 6.45) is 1.12. The first kappa shape index (κ1) is 22.5. The maximum atomic E-state index is 12.5. The smallest absolute Gasteiger partial charge is 0.281 e. The van der Waals surface area contributed by atoms with Gasteiger partial charge in [-0.05, 0) is 30.3 Å². The van der Waals surface area contributed by atoms with Crippen LogP contribution in [0.3, 0.4) is 0 Å². The van der Waals surface area contributed by atoms with Crippen LogP contribution < -0.4 is 5.32 Å². The van der Waals surface area contributed by atoms with Gasteiger partial charge in [-0.2, -0.15) is 5.26 Å². The van der Waals surface area contributed by atoms with Gasteiger partial charge in [-0.3, -0.25) is 25.0 Å². The topological polar surface area (TPSA) is 152 Å². The number of nitro groups is 2. The van der Waals surface area contributed by atoms with Crippen molar-refractivity contribution in [2.24, 2.45) is 0 Å². The van der Waals surface area contributed by atoms with Crippen LogP contribution in [0.2, 0.25) is 10.0 Å².